The van der Waals surface area contributed by atoms with Gasteiger partial charge in [0.2, 0.25) is 5.60 Å². The van der Waals surface area contributed by atoms with Crippen LogP contribution in [0.1, 0.15) is 19.5 Å². The fourth-order valence-electron chi connectivity index (χ4n) is 3.03. The summed E-state index contributed by atoms with van der Waals surface area (Å²) in [5, 5.41) is 34.9. The third kappa shape index (κ3) is 3.75. The van der Waals surface area contributed by atoms with Crippen LogP contribution in [0.4, 0.5) is 10.6 Å². The SMILES string of the molecule is COC(C)(C)COC(=O)OC[C@H]1O[C@@](C#N)(c2ccc3c(N)ncnn23)[C@H](O)[C@@H]1O. The molecule has 4 atom stereocenters. The van der Waals surface area contributed by atoms with E-state index in [2.05, 4.69) is 10.1 Å². The summed E-state index contributed by atoms with van der Waals surface area (Å²) < 4.78 is 22.1. The minimum Gasteiger partial charge on any atom is -0.431 e. The monoisotopic (exact) mass is 421 g/mol. The lowest BCUT2D eigenvalue weighted by Gasteiger charge is -2.24. The molecule has 0 aliphatic carbocycles. The number of nitrogens with zero attached hydrogens (tertiary/aromatic N) is 4. The van der Waals surface area contributed by atoms with Gasteiger partial charge in [-0.1, -0.05) is 0 Å². The van der Waals surface area contributed by atoms with Crippen LogP contribution in [-0.2, 0) is 24.5 Å². The summed E-state index contributed by atoms with van der Waals surface area (Å²) >= 11 is 0. The van der Waals surface area contributed by atoms with Crippen molar-refractivity contribution in [3.63, 3.8) is 0 Å². The highest BCUT2D eigenvalue weighted by atomic mass is 16.7. The summed E-state index contributed by atoms with van der Waals surface area (Å²) in [7, 11) is 1.48. The fourth-order valence-corrected chi connectivity index (χ4v) is 3.03. The number of ether oxygens (including phenoxy) is 4. The molecule has 12 nitrogen and oxygen atoms in total. The highest BCUT2D eigenvalue weighted by molar-refractivity contribution is 5.66. The van der Waals surface area contributed by atoms with Crippen LogP contribution >= 0.6 is 0 Å². The van der Waals surface area contributed by atoms with E-state index in [-0.39, 0.29) is 18.1 Å². The zero-order valence-corrected chi connectivity index (χ0v) is 16.7. The molecule has 4 N–H and O–H groups in total. The molecule has 12 heteroatoms. The normalized spacial score (nSPS) is 26.5. The first kappa shape index (κ1) is 21.7. The number of carbonyl (C=O) groups excluding carboxylic acids is 1. The third-order valence-electron chi connectivity index (χ3n) is 4.94. The number of rotatable bonds is 6. The summed E-state index contributed by atoms with van der Waals surface area (Å²) in [6.07, 6.45) is -4.17. The van der Waals surface area contributed by atoms with E-state index in [9.17, 15) is 20.3 Å². The molecule has 30 heavy (non-hydrogen) atoms. The van der Waals surface area contributed by atoms with Crippen LogP contribution < -0.4 is 5.73 Å². The van der Waals surface area contributed by atoms with Crippen LogP contribution in [0.15, 0.2) is 18.5 Å². The van der Waals surface area contributed by atoms with Crippen LogP contribution in [0.2, 0.25) is 0 Å². The fraction of sp³-hybridized carbons (Fsp3) is 0.556. The van der Waals surface area contributed by atoms with Crippen molar-refractivity contribution in [2.45, 2.75) is 43.4 Å². The molecular formula is C18H23N5O7. The number of aromatic nitrogens is 3. The molecule has 0 amide bonds. The Morgan fingerprint density at radius 2 is 2.17 bits per heavy atom. The van der Waals surface area contributed by atoms with Gasteiger partial charge in [-0.05, 0) is 26.0 Å². The molecule has 3 heterocycles. The Morgan fingerprint density at radius 3 is 2.83 bits per heavy atom. The number of carbonyl (C=O) groups is 1. The molecule has 1 saturated heterocycles. The topological polar surface area (TPSA) is 174 Å². The quantitative estimate of drug-likeness (QED) is 0.524. The van der Waals surface area contributed by atoms with E-state index in [1.165, 1.54) is 24.0 Å². The van der Waals surface area contributed by atoms with E-state index in [0.717, 1.165) is 0 Å². The summed E-state index contributed by atoms with van der Waals surface area (Å²) in [6.45, 7) is 2.94. The van der Waals surface area contributed by atoms with Crippen molar-refractivity contribution in [2.24, 2.45) is 0 Å². The molecule has 1 aliphatic heterocycles. The number of hydrogen-bond acceptors (Lipinski definition) is 11. The first-order valence-corrected chi connectivity index (χ1v) is 9.04. The molecule has 0 bridgehead atoms. The molecule has 0 saturated carbocycles. The van der Waals surface area contributed by atoms with E-state index in [4.69, 9.17) is 24.7 Å². The third-order valence-corrected chi connectivity index (χ3v) is 4.94. The van der Waals surface area contributed by atoms with Gasteiger partial charge in [-0.2, -0.15) is 10.4 Å². The maximum atomic E-state index is 11.8. The van der Waals surface area contributed by atoms with Gasteiger partial charge in [0, 0.05) is 7.11 Å². The molecule has 0 spiro atoms. The lowest BCUT2D eigenvalue weighted by Crippen LogP contribution is -2.41. The van der Waals surface area contributed by atoms with E-state index in [1.807, 2.05) is 6.07 Å². The Labute approximate surface area is 171 Å². The molecule has 1 aliphatic rings. The number of hydrogen-bond donors (Lipinski definition) is 3. The number of anilines is 1. The van der Waals surface area contributed by atoms with Crippen LogP contribution in [0, 0.1) is 11.3 Å². The number of aliphatic hydroxyl groups excluding tert-OH is 2. The lowest BCUT2D eigenvalue weighted by molar-refractivity contribution is -0.0804. The maximum Gasteiger partial charge on any atom is 0.508 e. The Bertz CT molecular complexity index is 971. The van der Waals surface area contributed by atoms with Crippen LogP contribution in [0.5, 0.6) is 0 Å². The van der Waals surface area contributed by atoms with Gasteiger partial charge in [0.1, 0.15) is 49.4 Å². The zero-order valence-electron chi connectivity index (χ0n) is 16.7. The number of fused-ring (bicyclic) bond motifs is 1. The average molecular weight is 421 g/mol. The van der Waals surface area contributed by atoms with Crippen LogP contribution in [0.25, 0.3) is 5.52 Å². The Balaban J connectivity index is 1.75. The smallest absolute Gasteiger partial charge is 0.431 e. The van der Waals surface area contributed by atoms with E-state index >= 15 is 0 Å². The van der Waals surface area contributed by atoms with E-state index in [0.29, 0.717) is 5.52 Å². The van der Waals surface area contributed by atoms with Crippen molar-refractivity contribution in [1.29, 1.82) is 5.26 Å². The molecule has 2 aromatic heterocycles. The standard InChI is InChI=1S/C18H23N5O7/c1-17(2,27-3)8-29-16(26)28-6-11-13(24)14(25)18(7-19,30-11)12-5-4-10-15(20)21-9-22-23(10)12/h4-5,9,11,13-14,24-25H,6,8H2,1-3H3,(H2,20,21,22)/t11-,13-,14-,18+/m1/s1. The summed E-state index contributed by atoms with van der Waals surface area (Å²) in [5.74, 6) is 0.166. The van der Waals surface area contributed by atoms with Crippen molar-refractivity contribution >= 4 is 17.5 Å². The number of methoxy groups -OCH3 is 1. The molecule has 0 unspecified atom stereocenters. The number of nitrogens with two attached hydrogens (primary N) is 1. The predicted molar refractivity (Wildman–Crippen MR) is 100.0 cm³/mol. The van der Waals surface area contributed by atoms with Crippen molar-refractivity contribution in [3.05, 3.63) is 24.2 Å². The average Bonchev–Trinajstić information content (AvgIpc) is 3.27. The molecule has 0 aromatic carbocycles. The zero-order chi connectivity index (χ0) is 22.1. The van der Waals surface area contributed by atoms with Crippen molar-refractivity contribution in [1.82, 2.24) is 14.6 Å². The van der Waals surface area contributed by atoms with Crippen LogP contribution in [0.3, 0.4) is 0 Å². The Kier molecular flexibility index (Phi) is 5.82. The first-order chi connectivity index (χ1) is 14.1. The molecule has 3 rings (SSSR count). The Morgan fingerprint density at radius 1 is 1.43 bits per heavy atom. The van der Waals surface area contributed by atoms with Crippen molar-refractivity contribution in [3.8, 4) is 6.07 Å². The first-order valence-electron chi connectivity index (χ1n) is 9.04. The van der Waals surface area contributed by atoms with Gasteiger partial charge in [-0.15, -0.1) is 0 Å². The van der Waals surface area contributed by atoms with Gasteiger partial charge in [-0.3, -0.25) is 0 Å². The minimum atomic E-state index is -1.97. The second kappa shape index (κ2) is 8.04. The number of nitrogen functional groups attached to an aromatic ring is 1. The number of nitriles is 1. The van der Waals surface area contributed by atoms with Gasteiger partial charge in [-0.25, -0.2) is 14.3 Å². The van der Waals surface area contributed by atoms with E-state index in [1.54, 1.807) is 19.9 Å². The van der Waals surface area contributed by atoms with Gasteiger partial charge < -0.3 is 34.9 Å². The molecular weight excluding hydrogens is 398 g/mol. The summed E-state index contributed by atoms with van der Waals surface area (Å²) in [5.41, 5.74) is 3.68. The molecule has 0 radical (unpaired) electrons. The maximum absolute atomic E-state index is 11.8. The van der Waals surface area contributed by atoms with Gasteiger partial charge in [0.25, 0.3) is 0 Å². The summed E-state index contributed by atoms with van der Waals surface area (Å²) in [6, 6.07) is 4.95. The highest BCUT2D eigenvalue weighted by Gasteiger charge is 2.57. The molecule has 2 aromatic rings. The van der Waals surface area contributed by atoms with E-state index < -0.39 is 42.3 Å². The largest absolute Gasteiger partial charge is 0.508 e. The van der Waals surface area contributed by atoms with Crippen LogP contribution in [-0.4, -0.2) is 75.2 Å². The predicted octanol–water partition coefficient (Wildman–Crippen LogP) is -0.271. The van der Waals surface area contributed by atoms with Gasteiger partial charge in [0.05, 0.1) is 11.3 Å². The second-order valence-corrected chi connectivity index (χ2v) is 7.41. The molecule has 162 valence electrons. The van der Waals surface area contributed by atoms with Gasteiger partial charge >= 0.3 is 6.16 Å². The number of aliphatic hydroxyl groups is 2. The highest BCUT2D eigenvalue weighted by Crippen LogP contribution is 2.40. The van der Waals surface area contributed by atoms with Crippen molar-refractivity contribution < 1.29 is 34.0 Å². The Hall–Kier alpha value is -2.98. The lowest BCUT2D eigenvalue weighted by atomic mass is 9.92. The van der Waals surface area contributed by atoms with Crippen molar-refractivity contribution in [2.75, 3.05) is 26.1 Å². The molecule has 1 fully saturated rings. The minimum absolute atomic E-state index is 0.0571. The van der Waals surface area contributed by atoms with Gasteiger partial charge in [0.15, 0.2) is 5.82 Å². The second-order valence-electron chi connectivity index (χ2n) is 7.41. The summed E-state index contributed by atoms with van der Waals surface area (Å²) in [4.78, 5) is 15.7.